The van der Waals surface area contributed by atoms with Gasteiger partial charge in [-0.3, -0.25) is 0 Å². The summed E-state index contributed by atoms with van der Waals surface area (Å²) < 4.78 is 78.0. The zero-order chi connectivity index (χ0) is 25.3. The number of nitrogens with zero attached hydrogens (tertiary/aromatic N) is 2. The molecule has 0 heterocycles. The van der Waals surface area contributed by atoms with E-state index in [0.717, 1.165) is 38.8 Å². The molecule has 4 nitrogen and oxygen atoms in total. The molecule has 0 bridgehead atoms. The average molecular weight is 503 g/mol. The quantitative estimate of drug-likeness (QED) is 0.0855. The van der Waals surface area contributed by atoms with Crippen LogP contribution in [0.1, 0.15) is 25.7 Å². The molecule has 0 aliphatic heterocycles. The summed E-state index contributed by atoms with van der Waals surface area (Å²) >= 11 is 4.96. The van der Waals surface area contributed by atoms with Crippen LogP contribution >= 0.6 is 12.2 Å². The summed E-state index contributed by atoms with van der Waals surface area (Å²) in [5.74, 6) is -11.5. The van der Waals surface area contributed by atoms with E-state index in [0.29, 0.717) is 18.0 Å². The molecule has 0 unspecified atom stereocenters. The number of benzene rings is 2. The Morgan fingerprint density at radius 1 is 0.882 bits per heavy atom. The lowest BCUT2D eigenvalue weighted by molar-refractivity contribution is 0.300. The van der Waals surface area contributed by atoms with Gasteiger partial charge in [-0.1, -0.05) is 18.9 Å². The maximum atomic E-state index is 13.8. The minimum Gasteiger partial charge on any atom is -0.494 e. The second-order valence-electron chi connectivity index (χ2n) is 7.63. The van der Waals surface area contributed by atoms with Crippen molar-refractivity contribution in [2.24, 2.45) is 0 Å². The summed E-state index contributed by atoms with van der Waals surface area (Å²) in [6.45, 7) is 6.17. The number of likely N-dealkylation sites (N-methyl/N-ethyl adjacent to an activating group) is 1. The van der Waals surface area contributed by atoms with Crippen molar-refractivity contribution in [3.8, 4) is 11.5 Å². The molecule has 0 aliphatic carbocycles. The van der Waals surface area contributed by atoms with E-state index in [-0.39, 0.29) is 0 Å². The van der Waals surface area contributed by atoms with Crippen LogP contribution in [-0.4, -0.2) is 43.9 Å². The zero-order valence-corrected chi connectivity index (χ0v) is 19.9. The van der Waals surface area contributed by atoms with E-state index in [4.69, 9.17) is 21.7 Å². The van der Waals surface area contributed by atoms with Crippen LogP contribution in [0.15, 0.2) is 36.9 Å². The summed E-state index contributed by atoms with van der Waals surface area (Å²) in [6.07, 6.45) is 6.05. The minimum atomic E-state index is -2.27. The topological polar surface area (TPSA) is 24.9 Å². The van der Waals surface area contributed by atoms with Crippen molar-refractivity contribution in [2.45, 2.75) is 25.7 Å². The lowest BCUT2D eigenvalue weighted by Crippen LogP contribution is -2.30. The van der Waals surface area contributed by atoms with Crippen molar-refractivity contribution in [1.82, 2.24) is 4.90 Å². The molecule has 2 rings (SSSR count). The molecule has 0 saturated carbocycles. The first-order valence-corrected chi connectivity index (χ1v) is 11.1. The second kappa shape index (κ2) is 13.2. The first kappa shape index (κ1) is 27.5. The predicted octanol–water partition coefficient (Wildman–Crippen LogP) is 6.24. The van der Waals surface area contributed by atoms with Crippen molar-refractivity contribution in [2.75, 3.05) is 38.7 Å². The van der Waals surface area contributed by atoms with E-state index < -0.39 is 40.0 Å². The van der Waals surface area contributed by atoms with Gasteiger partial charge in [0.05, 0.1) is 6.61 Å². The molecule has 0 N–H and O–H groups in total. The Morgan fingerprint density at radius 2 is 1.44 bits per heavy atom. The third kappa shape index (κ3) is 7.39. The summed E-state index contributed by atoms with van der Waals surface area (Å²) in [6, 6.07) is 6.60. The fourth-order valence-corrected chi connectivity index (χ4v) is 3.23. The molecule has 0 amide bonds. The molecule has 0 aliphatic rings. The predicted molar refractivity (Wildman–Crippen MR) is 126 cm³/mol. The lowest BCUT2D eigenvalue weighted by atomic mass is 10.2. The monoisotopic (exact) mass is 502 g/mol. The van der Waals surface area contributed by atoms with Crippen molar-refractivity contribution in [3.05, 3.63) is 66.0 Å². The Morgan fingerprint density at radius 3 is 2.03 bits per heavy atom. The fourth-order valence-electron chi connectivity index (χ4n) is 3.04. The molecule has 186 valence electrons. The van der Waals surface area contributed by atoms with E-state index in [2.05, 4.69) is 18.5 Å². The van der Waals surface area contributed by atoms with Crippen LogP contribution in [0.2, 0.25) is 0 Å². The zero-order valence-electron chi connectivity index (χ0n) is 19.1. The Kier molecular flexibility index (Phi) is 10.7. The van der Waals surface area contributed by atoms with E-state index in [1.165, 1.54) is 11.9 Å². The van der Waals surface area contributed by atoms with Gasteiger partial charge in [-0.2, -0.15) is 8.78 Å². The molecule has 0 atom stereocenters. The highest BCUT2D eigenvalue weighted by Crippen LogP contribution is 2.30. The van der Waals surface area contributed by atoms with Gasteiger partial charge in [-0.25, -0.2) is 13.2 Å². The van der Waals surface area contributed by atoms with Gasteiger partial charge in [0.1, 0.15) is 5.75 Å². The van der Waals surface area contributed by atoms with Crippen LogP contribution in [0.3, 0.4) is 0 Å². The highest BCUT2D eigenvalue weighted by Gasteiger charge is 2.28. The third-order valence-electron chi connectivity index (χ3n) is 5.00. The first-order valence-electron chi connectivity index (χ1n) is 10.7. The van der Waals surface area contributed by atoms with Crippen LogP contribution < -0.4 is 14.4 Å². The summed E-state index contributed by atoms with van der Waals surface area (Å²) in [4.78, 5) is 3.43. The smallest absolute Gasteiger partial charge is 0.269 e. The molecule has 0 saturated heterocycles. The summed E-state index contributed by atoms with van der Waals surface area (Å²) in [5, 5.41) is -0.504. The van der Waals surface area contributed by atoms with E-state index in [1.807, 2.05) is 6.08 Å². The largest absolute Gasteiger partial charge is 0.494 e. The van der Waals surface area contributed by atoms with Crippen molar-refractivity contribution >= 4 is 23.1 Å². The Hall–Kier alpha value is -2.72. The fraction of sp³-hybridized carbons (Fsp3) is 0.375. The highest BCUT2D eigenvalue weighted by molar-refractivity contribution is 7.80. The van der Waals surface area contributed by atoms with Crippen molar-refractivity contribution in [3.63, 3.8) is 0 Å². The molecule has 2 aromatic carbocycles. The number of thiocarbonyl (C=S) groups is 1. The van der Waals surface area contributed by atoms with Crippen LogP contribution in [-0.2, 0) is 0 Å². The molecule has 0 aromatic heterocycles. The number of anilines is 1. The van der Waals surface area contributed by atoms with Gasteiger partial charge in [0.2, 0.25) is 34.8 Å². The number of hydrogen-bond donors (Lipinski definition) is 0. The minimum absolute atomic E-state index is 0.463. The van der Waals surface area contributed by atoms with Crippen molar-refractivity contribution in [1.29, 1.82) is 0 Å². The number of ether oxygens (including phenoxy) is 2. The summed E-state index contributed by atoms with van der Waals surface area (Å²) in [7, 11) is 3.49. The lowest BCUT2D eigenvalue weighted by Gasteiger charge is -2.21. The van der Waals surface area contributed by atoms with E-state index in [1.54, 1.807) is 24.3 Å². The highest BCUT2D eigenvalue weighted by atomic mass is 32.1. The summed E-state index contributed by atoms with van der Waals surface area (Å²) in [5.41, 5.74) is 0.463. The molecule has 10 heteroatoms. The number of rotatable bonds is 12. The van der Waals surface area contributed by atoms with Crippen LogP contribution in [0.5, 0.6) is 11.5 Å². The number of hydrogen-bond acceptors (Lipinski definition) is 4. The van der Waals surface area contributed by atoms with Gasteiger partial charge in [0, 0.05) is 19.3 Å². The standard InChI is InChI=1S/C24H27F5N2O2S/c1-4-13-30(2)14-7-5-6-8-15-32-17-11-9-16(10-12-17)31(3)24(34)33-23-21(28)19(26)18(25)20(27)22(23)29/h4,9-12H,1,5-8,13-15H2,2-3H3. The molecule has 0 spiro atoms. The van der Waals surface area contributed by atoms with Crippen molar-refractivity contribution < 1.29 is 31.4 Å². The Labute approximate surface area is 201 Å². The number of halogens is 5. The molecule has 0 radical (unpaired) electrons. The van der Waals surface area contributed by atoms with Gasteiger partial charge in [-0.15, -0.1) is 6.58 Å². The molecular formula is C24H27F5N2O2S. The van der Waals surface area contributed by atoms with Gasteiger partial charge < -0.3 is 19.3 Å². The molecule has 34 heavy (non-hydrogen) atoms. The third-order valence-corrected chi connectivity index (χ3v) is 5.36. The molecule has 0 fully saturated rings. The van der Waals surface area contributed by atoms with Crippen LogP contribution in [0.25, 0.3) is 0 Å². The number of unbranched alkanes of at least 4 members (excludes halogenated alkanes) is 3. The van der Waals surface area contributed by atoms with Gasteiger partial charge in [0.25, 0.3) is 5.17 Å². The van der Waals surface area contributed by atoms with Gasteiger partial charge in [0.15, 0.2) is 0 Å². The maximum absolute atomic E-state index is 13.8. The van der Waals surface area contributed by atoms with E-state index >= 15 is 0 Å². The van der Waals surface area contributed by atoms with Crippen LogP contribution in [0.4, 0.5) is 27.6 Å². The normalized spacial score (nSPS) is 10.9. The maximum Gasteiger partial charge on any atom is 0.269 e. The SMILES string of the molecule is C=CCN(C)CCCCCCOc1ccc(N(C)C(=S)Oc2c(F)c(F)c(F)c(F)c2F)cc1. The molecular weight excluding hydrogens is 475 g/mol. The second-order valence-corrected chi connectivity index (χ2v) is 7.98. The molecule has 2 aromatic rings. The Bertz CT molecular complexity index is 959. The van der Waals surface area contributed by atoms with Crippen LogP contribution in [0, 0.1) is 29.1 Å². The van der Waals surface area contributed by atoms with Gasteiger partial charge in [-0.05, 0) is 62.9 Å². The average Bonchev–Trinajstić information content (AvgIpc) is 2.83. The van der Waals surface area contributed by atoms with E-state index in [9.17, 15) is 22.0 Å². The Balaban J connectivity index is 1.83. The first-order chi connectivity index (χ1) is 16.2. The van der Waals surface area contributed by atoms with Gasteiger partial charge >= 0.3 is 0 Å².